The highest BCUT2D eigenvalue weighted by Crippen LogP contribution is 2.56. The summed E-state index contributed by atoms with van der Waals surface area (Å²) in [5.41, 5.74) is 19.1. The van der Waals surface area contributed by atoms with Crippen molar-refractivity contribution in [2.24, 2.45) is 0 Å². The minimum absolute atomic E-state index is 0.587. The van der Waals surface area contributed by atoms with Crippen molar-refractivity contribution in [3.8, 4) is 55.9 Å². The first kappa shape index (κ1) is 37.0. The van der Waals surface area contributed by atoms with Gasteiger partial charge in [0.15, 0.2) is 0 Å². The predicted molar refractivity (Wildman–Crippen MR) is 267 cm³/mol. The monoisotopic (exact) mass is 826 g/mol. The maximum atomic E-state index is 5.20. The first-order chi connectivity index (χ1) is 32.2. The molecule has 1 aliphatic rings. The maximum Gasteiger partial charge on any atom is 0.0972 e. The van der Waals surface area contributed by atoms with Gasteiger partial charge in [-0.15, -0.1) is 0 Å². The molecule has 8 aromatic carbocycles. The molecule has 0 N–H and O–H groups in total. The molecule has 0 aliphatic heterocycles. The van der Waals surface area contributed by atoms with Gasteiger partial charge in [-0.2, -0.15) is 0 Å². The summed E-state index contributed by atoms with van der Waals surface area (Å²) >= 11 is 0. The van der Waals surface area contributed by atoms with Crippen LogP contribution in [-0.2, 0) is 5.41 Å². The quantitative estimate of drug-likeness (QED) is 0.157. The van der Waals surface area contributed by atoms with Crippen molar-refractivity contribution in [3.05, 3.63) is 253 Å². The highest BCUT2D eigenvalue weighted by atomic mass is 14.8. The van der Waals surface area contributed by atoms with Crippen LogP contribution in [0.15, 0.2) is 231 Å². The van der Waals surface area contributed by atoms with Crippen LogP contribution < -0.4 is 0 Å². The van der Waals surface area contributed by atoms with Gasteiger partial charge in [-0.25, -0.2) is 9.97 Å². The van der Waals surface area contributed by atoms with Crippen LogP contribution in [-0.4, -0.2) is 19.9 Å². The van der Waals surface area contributed by atoms with E-state index in [4.69, 9.17) is 19.9 Å². The van der Waals surface area contributed by atoms with Crippen LogP contribution in [0.4, 0.5) is 0 Å². The molecule has 0 fully saturated rings. The molecule has 0 radical (unpaired) electrons. The summed E-state index contributed by atoms with van der Waals surface area (Å²) < 4.78 is 0. The standard InChI is InChI=1S/C61H38N4/c1-3-23-53-51(21-1)52-22-2-4-24-54(52)61(53,49-19-7-13-45(37-49)43-11-5-15-47(35-43)55-31-29-41-27-25-39-17-9-33-62-57(39)59(41)64-55)50-20-8-14-46(38-50)44-12-6-16-48(36-44)56-32-30-42-28-26-40-18-10-34-63-58(40)60(42)65-56/h1-38H. The van der Waals surface area contributed by atoms with E-state index in [9.17, 15) is 0 Å². The minimum atomic E-state index is -0.587. The van der Waals surface area contributed by atoms with Crippen LogP contribution in [0.25, 0.3) is 99.5 Å². The molecule has 0 spiro atoms. The normalized spacial score (nSPS) is 12.7. The molecule has 0 saturated carbocycles. The summed E-state index contributed by atoms with van der Waals surface area (Å²) in [5, 5.41) is 4.33. The lowest BCUT2D eigenvalue weighted by atomic mass is 9.67. The van der Waals surface area contributed by atoms with Gasteiger partial charge in [-0.3, -0.25) is 9.97 Å². The molecule has 4 heteroatoms. The van der Waals surface area contributed by atoms with E-state index in [0.29, 0.717) is 0 Å². The molecule has 4 heterocycles. The molecule has 1 aliphatic carbocycles. The fourth-order valence-electron chi connectivity index (χ4n) is 10.4. The molecule has 65 heavy (non-hydrogen) atoms. The number of fused-ring (bicyclic) bond motifs is 9. The minimum Gasteiger partial charge on any atom is -0.254 e. The predicted octanol–water partition coefficient (Wildman–Crippen LogP) is 14.9. The van der Waals surface area contributed by atoms with Crippen LogP contribution in [0.1, 0.15) is 22.3 Å². The fraction of sp³-hybridized carbons (Fsp3) is 0.0164. The second kappa shape index (κ2) is 14.8. The molecule has 12 aromatic rings. The third-order valence-electron chi connectivity index (χ3n) is 13.4. The van der Waals surface area contributed by atoms with Crippen LogP contribution >= 0.6 is 0 Å². The lowest BCUT2D eigenvalue weighted by Gasteiger charge is -2.34. The Labute approximate surface area is 376 Å². The lowest BCUT2D eigenvalue weighted by molar-refractivity contribution is 0.769. The number of benzene rings is 8. The van der Waals surface area contributed by atoms with E-state index < -0.39 is 5.41 Å². The largest absolute Gasteiger partial charge is 0.254 e. The topological polar surface area (TPSA) is 51.6 Å². The molecule has 0 saturated heterocycles. The Hall–Kier alpha value is -8.60. The molecule has 0 atom stereocenters. The zero-order chi connectivity index (χ0) is 42.9. The Morgan fingerprint density at radius 3 is 1.14 bits per heavy atom. The lowest BCUT2D eigenvalue weighted by Crippen LogP contribution is -2.28. The van der Waals surface area contributed by atoms with E-state index in [1.807, 2.05) is 24.5 Å². The number of rotatable bonds is 6. The van der Waals surface area contributed by atoms with Crippen molar-refractivity contribution in [3.63, 3.8) is 0 Å². The van der Waals surface area contributed by atoms with Crippen molar-refractivity contribution in [1.82, 2.24) is 19.9 Å². The van der Waals surface area contributed by atoms with Gasteiger partial charge in [-0.1, -0.05) is 170 Å². The fourth-order valence-corrected chi connectivity index (χ4v) is 10.4. The van der Waals surface area contributed by atoms with Crippen LogP contribution in [0.2, 0.25) is 0 Å². The van der Waals surface area contributed by atoms with E-state index in [-0.39, 0.29) is 0 Å². The summed E-state index contributed by atoms with van der Waals surface area (Å²) in [6, 6.07) is 79.0. The van der Waals surface area contributed by atoms with E-state index in [1.165, 1.54) is 33.4 Å². The summed E-state index contributed by atoms with van der Waals surface area (Å²) in [6.07, 6.45) is 3.69. The van der Waals surface area contributed by atoms with Gasteiger partial charge in [0.1, 0.15) is 0 Å². The summed E-state index contributed by atoms with van der Waals surface area (Å²) in [4.78, 5) is 19.8. The zero-order valence-corrected chi connectivity index (χ0v) is 35.2. The van der Waals surface area contributed by atoms with Gasteiger partial charge in [0.2, 0.25) is 0 Å². The summed E-state index contributed by atoms with van der Waals surface area (Å²) in [7, 11) is 0. The number of aromatic nitrogens is 4. The van der Waals surface area contributed by atoms with Gasteiger partial charge in [0.05, 0.1) is 38.9 Å². The zero-order valence-electron chi connectivity index (χ0n) is 35.2. The van der Waals surface area contributed by atoms with Crippen molar-refractivity contribution in [1.29, 1.82) is 0 Å². The molecule has 4 aromatic heterocycles. The van der Waals surface area contributed by atoms with Crippen LogP contribution in [0.3, 0.4) is 0 Å². The maximum absolute atomic E-state index is 5.20. The van der Waals surface area contributed by atoms with Crippen molar-refractivity contribution in [2.75, 3.05) is 0 Å². The molecule has 0 amide bonds. The second-order valence-corrected chi connectivity index (χ2v) is 17.0. The average molecular weight is 827 g/mol. The SMILES string of the molecule is c1cc(-c2cccc(C3(c4cccc(-c5cccc(-c6ccc7ccc8cccnc8c7n6)c5)c4)c4ccccc4-c4ccccc43)c2)cc(-c2ccc3ccc4cccnc4c3n2)c1. The number of hydrogen-bond donors (Lipinski definition) is 0. The molecule has 4 nitrogen and oxygen atoms in total. The third-order valence-corrected chi connectivity index (χ3v) is 13.4. The average Bonchev–Trinajstić information content (AvgIpc) is 3.69. The van der Waals surface area contributed by atoms with Crippen LogP contribution in [0, 0.1) is 0 Å². The third kappa shape index (κ3) is 5.92. The smallest absolute Gasteiger partial charge is 0.0972 e. The van der Waals surface area contributed by atoms with Crippen molar-refractivity contribution >= 4 is 43.6 Å². The summed E-state index contributed by atoms with van der Waals surface area (Å²) in [5.74, 6) is 0. The molecule has 0 bridgehead atoms. The number of pyridine rings is 4. The number of nitrogens with zero attached hydrogens (tertiary/aromatic N) is 4. The van der Waals surface area contributed by atoms with E-state index in [0.717, 1.165) is 88.4 Å². The van der Waals surface area contributed by atoms with Gasteiger partial charge in [0.25, 0.3) is 0 Å². The van der Waals surface area contributed by atoms with Gasteiger partial charge in [-0.05, 0) is 104 Å². The van der Waals surface area contributed by atoms with E-state index >= 15 is 0 Å². The van der Waals surface area contributed by atoms with Gasteiger partial charge >= 0.3 is 0 Å². The molecular weight excluding hydrogens is 789 g/mol. The second-order valence-electron chi connectivity index (χ2n) is 17.0. The first-order valence-electron chi connectivity index (χ1n) is 22.1. The van der Waals surface area contributed by atoms with Crippen molar-refractivity contribution < 1.29 is 0 Å². The Morgan fingerprint density at radius 2 is 0.662 bits per heavy atom. The first-order valence-corrected chi connectivity index (χ1v) is 22.1. The Morgan fingerprint density at radius 1 is 0.277 bits per heavy atom. The molecule has 302 valence electrons. The van der Waals surface area contributed by atoms with Crippen molar-refractivity contribution in [2.45, 2.75) is 5.41 Å². The van der Waals surface area contributed by atoms with Crippen LogP contribution in [0.5, 0.6) is 0 Å². The van der Waals surface area contributed by atoms with E-state index in [1.54, 1.807) is 0 Å². The van der Waals surface area contributed by atoms with Gasteiger partial charge < -0.3 is 0 Å². The molecule has 0 unspecified atom stereocenters. The highest BCUT2D eigenvalue weighted by Gasteiger charge is 2.46. The molecule has 13 rings (SSSR count). The Bertz CT molecular complexity index is 3620. The van der Waals surface area contributed by atoms with E-state index in [2.05, 4.69) is 206 Å². The Balaban J connectivity index is 0.945. The Kier molecular flexibility index (Phi) is 8.40. The molecular formula is C61H38N4. The number of hydrogen-bond acceptors (Lipinski definition) is 4. The highest BCUT2D eigenvalue weighted by molar-refractivity contribution is 6.04. The van der Waals surface area contributed by atoms with Gasteiger partial charge in [0, 0.05) is 45.1 Å². The summed E-state index contributed by atoms with van der Waals surface area (Å²) in [6.45, 7) is 0.